The highest BCUT2D eigenvalue weighted by molar-refractivity contribution is 7.12. The van der Waals surface area contributed by atoms with Crippen molar-refractivity contribution in [3.63, 3.8) is 0 Å². The Labute approximate surface area is 115 Å². The molecule has 0 spiro atoms. The Kier molecular flexibility index (Phi) is 4.98. The Morgan fingerprint density at radius 2 is 2.17 bits per heavy atom. The Balaban J connectivity index is 2.15. The Bertz CT molecular complexity index is 391. The van der Waals surface area contributed by atoms with Crippen LogP contribution in [0.3, 0.4) is 0 Å². The summed E-state index contributed by atoms with van der Waals surface area (Å²) in [5.41, 5.74) is 1.28. The molecule has 0 unspecified atom stereocenters. The van der Waals surface area contributed by atoms with Crippen molar-refractivity contribution in [2.45, 2.75) is 32.7 Å². The van der Waals surface area contributed by atoms with Gasteiger partial charge in [-0.2, -0.15) is 0 Å². The van der Waals surface area contributed by atoms with Crippen LogP contribution in [0.15, 0.2) is 24.3 Å². The SMILES string of the molecule is C=C(C)C[C@H](c1ccc(CC)s1)N1CCNCC1. The van der Waals surface area contributed by atoms with Crippen molar-refractivity contribution in [3.05, 3.63) is 34.0 Å². The third kappa shape index (κ3) is 3.44. The fourth-order valence-electron chi connectivity index (χ4n) is 2.50. The van der Waals surface area contributed by atoms with E-state index in [1.165, 1.54) is 15.3 Å². The summed E-state index contributed by atoms with van der Waals surface area (Å²) >= 11 is 1.97. The van der Waals surface area contributed by atoms with Crippen LogP contribution in [0.4, 0.5) is 0 Å². The van der Waals surface area contributed by atoms with Crippen molar-refractivity contribution in [1.29, 1.82) is 0 Å². The lowest BCUT2D eigenvalue weighted by Crippen LogP contribution is -2.45. The minimum atomic E-state index is 0.537. The molecule has 0 amide bonds. The maximum atomic E-state index is 4.10. The van der Waals surface area contributed by atoms with E-state index >= 15 is 0 Å². The maximum absolute atomic E-state index is 4.10. The van der Waals surface area contributed by atoms with Crippen LogP contribution in [-0.4, -0.2) is 31.1 Å². The Hall–Kier alpha value is -0.640. The molecule has 1 aliphatic heterocycles. The van der Waals surface area contributed by atoms with Gasteiger partial charge < -0.3 is 5.32 Å². The van der Waals surface area contributed by atoms with Gasteiger partial charge in [0.25, 0.3) is 0 Å². The molecule has 1 fully saturated rings. The normalized spacial score (nSPS) is 18.8. The molecule has 1 N–H and O–H groups in total. The number of rotatable bonds is 5. The molecule has 1 aromatic heterocycles. The number of piperazine rings is 1. The zero-order valence-electron chi connectivity index (χ0n) is 11.5. The lowest BCUT2D eigenvalue weighted by molar-refractivity contribution is 0.175. The number of aryl methyl sites for hydroxylation is 1. The third-order valence-corrected chi connectivity index (χ3v) is 4.82. The van der Waals surface area contributed by atoms with E-state index in [-0.39, 0.29) is 0 Å². The second-order valence-electron chi connectivity index (χ2n) is 5.12. The molecule has 2 nitrogen and oxygen atoms in total. The van der Waals surface area contributed by atoms with E-state index in [4.69, 9.17) is 0 Å². The summed E-state index contributed by atoms with van der Waals surface area (Å²) in [7, 11) is 0. The molecule has 3 heteroatoms. The van der Waals surface area contributed by atoms with E-state index in [0.29, 0.717) is 6.04 Å². The van der Waals surface area contributed by atoms with Crippen molar-refractivity contribution in [3.8, 4) is 0 Å². The van der Waals surface area contributed by atoms with Crippen molar-refractivity contribution in [2.75, 3.05) is 26.2 Å². The van der Waals surface area contributed by atoms with E-state index in [1.54, 1.807) is 0 Å². The topological polar surface area (TPSA) is 15.3 Å². The van der Waals surface area contributed by atoms with Gasteiger partial charge in [0.05, 0.1) is 0 Å². The Morgan fingerprint density at radius 1 is 1.44 bits per heavy atom. The van der Waals surface area contributed by atoms with Gasteiger partial charge in [0.1, 0.15) is 0 Å². The number of thiophene rings is 1. The van der Waals surface area contributed by atoms with Gasteiger partial charge in [-0.15, -0.1) is 17.9 Å². The first-order chi connectivity index (χ1) is 8.70. The summed E-state index contributed by atoms with van der Waals surface area (Å²) in [6.07, 6.45) is 2.23. The molecule has 0 bridgehead atoms. The molecule has 0 aliphatic carbocycles. The monoisotopic (exact) mass is 264 g/mol. The lowest BCUT2D eigenvalue weighted by atomic mass is 10.0. The molecule has 1 aromatic rings. The first-order valence-corrected chi connectivity index (χ1v) is 7.70. The fourth-order valence-corrected chi connectivity index (χ4v) is 3.58. The van der Waals surface area contributed by atoms with Gasteiger partial charge in [-0.1, -0.05) is 12.5 Å². The predicted molar refractivity (Wildman–Crippen MR) is 80.3 cm³/mol. The van der Waals surface area contributed by atoms with Crippen molar-refractivity contribution >= 4 is 11.3 Å². The molecule has 0 saturated carbocycles. The van der Waals surface area contributed by atoms with Gasteiger partial charge in [-0.3, -0.25) is 4.90 Å². The van der Waals surface area contributed by atoms with E-state index in [1.807, 2.05) is 11.3 Å². The van der Waals surface area contributed by atoms with Crippen molar-refractivity contribution < 1.29 is 0 Å². The number of nitrogens with zero attached hydrogens (tertiary/aromatic N) is 1. The first kappa shape index (κ1) is 13.8. The third-order valence-electron chi connectivity index (χ3n) is 3.49. The molecule has 2 heterocycles. The van der Waals surface area contributed by atoms with Gasteiger partial charge in [0, 0.05) is 42.0 Å². The largest absolute Gasteiger partial charge is 0.314 e. The second kappa shape index (κ2) is 6.50. The van der Waals surface area contributed by atoms with Crippen LogP contribution in [0, 0.1) is 0 Å². The highest BCUT2D eigenvalue weighted by Gasteiger charge is 2.23. The summed E-state index contributed by atoms with van der Waals surface area (Å²) in [6.45, 7) is 13.0. The van der Waals surface area contributed by atoms with E-state index < -0.39 is 0 Å². The molecule has 1 aliphatic rings. The molecule has 0 aromatic carbocycles. The minimum absolute atomic E-state index is 0.537. The van der Waals surface area contributed by atoms with Gasteiger partial charge in [0.15, 0.2) is 0 Å². The predicted octanol–water partition coefficient (Wildman–Crippen LogP) is 3.22. The lowest BCUT2D eigenvalue weighted by Gasteiger charge is -2.34. The number of nitrogens with one attached hydrogen (secondary N) is 1. The van der Waals surface area contributed by atoms with Crippen LogP contribution < -0.4 is 5.32 Å². The molecule has 18 heavy (non-hydrogen) atoms. The van der Waals surface area contributed by atoms with Crippen LogP contribution in [-0.2, 0) is 6.42 Å². The zero-order chi connectivity index (χ0) is 13.0. The van der Waals surface area contributed by atoms with Crippen LogP contribution >= 0.6 is 11.3 Å². The van der Waals surface area contributed by atoms with Gasteiger partial charge >= 0.3 is 0 Å². The highest BCUT2D eigenvalue weighted by atomic mass is 32.1. The molecule has 0 radical (unpaired) electrons. The first-order valence-electron chi connectivity index (χ1n) is 6.88. The van der Waals surface area contributed by atoms with E-state index in [0.717, 1.165) is 39.0 Å². The molecular formula is C15H24N2S. The number of hydrogen-bond donors (Lipinski definition) is 1. The van der Waals surface area contributed by atoms with Crippen LogP contribution in [0.2, 0.25) is 0 Å². The minimum Gasteiger partial charge on any atom is -0.314 e. The molecule has 2 rings (SSSR count). The summed E-state index contributed by atoms with van der Waals surface area (Å²) in [6, 6.07) is 5.14. The molecule has 1 atom stereocenters. The average molecular weight is 264 g/mol. The van der Waals surface area contributed by atoms with Gasteiger partial charge in [-0.05, 0) is 31.9 Å². The smallest absolute Gasteiger partial charge is 0.0479 e. The summed E-state index contributed by atoms with van der Waals surface area (Å²) in [4.78, 5) is 5.61. The molecular weight excluding hydrogens is 240 g/mol. The summed E-state index contributed by atoms with van der Waals surface area (Å²) in [5.74, 6) is 0. The second-order valence-corrected chi connectivity index (χ2v) is 6.32. The van der Waals surface area contributed by atoms with Crippen molar-refractivity contribution in [1.82, 2.24) is 10.2 Å². The van der Waals surface area contributed by atoms with Crippen LogP contribution in [0.25, 0.3) is 0 Å². The number of hydrogen-bond acceptors (Lipinski definition) is 3. The molecule has 100 valence electrons. The van der Waals surface area contributed by atoms with Crippen LogP contribution in [0.5, 0.6) is 0 Å². The average Bonchev–Trinajstić information content (AvgIpc) is 2.85. The summed E-state index contributed by atoms with van der Waals surface area (Å²) < 4.78 is 0. The van der Waals surface area contributed by atoms with Crippen molar-refractivity contribution in [2.24, 2.45) is 0 Å². The summed E-state index contributed by atoms with van der Waals surface area (Å²) in [5, 5.41) is 3.43. The quantitative estimate of drug-likeness (QED) is 0.822. The zero-order valence-corrected chi connectivity index (χ0v) is 12.4. The van der Waals surface area contributed by atoms with Gasteiger partial charge in [-0.25, -0.2) is 0 Å². The Morgan fingerprint density at radius 3 is 2.72 bits per heavy atom. The molecule has 1 saturated heterocycles. The van der Waals surface area contributed by atoms with E-state index in [9.17, 15) is 0 Å². The van der Waals surface area contributed by atoms with Crippen LogP contribution in [0.1, 0.15) is 36.1 Å². The maximum Gasteiger partial charge on any atom is 0.0479 e. The fraction of sp³-hybridized carbons (Fsp3) is 0.600. The van der Waals surface area contributed by atoms with E-state index in [2.05, 4.69) is 42.8 Å². The standard InChI is InChI=1S/C15H24N2S/c1-4-13-5-6-15(18-13)14(11-12(2)3)17-9-7-16-8-10-17/h5-6,14,16H,2,4,7-11H2,1,3H3/t14-/m1/s1. The van der Waals surface area contributed by atoms with Gasteiger partial charge in [0.2, 0.25) is 0 Å². The highest BCUT2D eigenvalue weighted by Crippen LogP contribution is 2.32.